The summed E-state index contributed by atoms with van der Waals surface area (Å²) in [6.07, 6.45) is 3.95. The SMILES string of the molecule is CCC(CO)CC(=O)c1cccc2c1CCN2c1cc(Cc2cc(C)cc(F)c2)ncn1. The van der Waals surface area contributed by atoms with Crippen LogP contribution >= 0.6 is 0 Å². The Morgan fingerprint density at radius 3 is 2.81 bits per heavy atom. The van der Waals surface area contributed by atoms with Crippen molar-refractivity contribution in [3.63, 3.8) is 0 Å². The second-order valence-electron chi connectivity index (χ2n) is 8.47. The Bertz CT molecular complexity index is 1110. The molecule has 4 rings (SSSR count). The Kier molecular flexibility index (Phi) is 6.61. The highest BCUT2D eigenvalue weighted by Crippen LogP contribution is 2.36. The molecule has 1 aromatic heterocycles. The van der Waals surface area contributed by atoms with Crippen LogP contribution in [0.4, 0.5) is 15.9 Å². The molecule has 5 nitrogen and oxygen atoms in total. The minimum Gasteiger partial charge on any atom is -0.396 e. The van der Waals surface area contributed by atoms with Crippen LogP contribution in [0.3, 0.4) is 0 Å². The highest BCUT2D eigenvalue weighted by Gasteiger charge is 2.26. The maximum absolute atomic E-state index is 13.8. The molecule has 0 bridgehead atoms. The maximum atomic E-state index is 13.8. The molecular weight excluding hydrogens is 405 g/mol. The summed E-state index contributed by atoms with van der Waals surface area (Å²) < 4.78 is 13.8. The van der Waals surface area contributed by atoms with Gasteiger partial charge in [0.25, 0.3) is 0 Å². The molecule has 3 aromatic rings. The van der Waals surface area contributed by atoms with Gasteiger partial charge in [0.1, 0.15) is 18.0 Å². The number of aryl methyl sites for hydroxylation is 1. The molecule has 0 radical (unpaired) electrons. The Morgan fingerprint density at radius 2 is 2.06 bits per heavy atom. The monoisotopic (exact) mass is 433 g/mol. The van der Waals surface area contributed by atoms with Gasteiger partial charge in [0, 0.05) is 43.3 Å². The van der Waals surface area contributed by atoms with Crippen LogP contribution in [0.5, 0.6) is 0 Å². The third-order valence-corrected chi connectivity index (χ3v) is 6.11. The van der Waals surface area contributed by atoms with Crippen molar-refractivity contribution in [2.45, 2.75) is 39.5 Å². The van der Waals surface area contributed by atoms with Gasteiger partial charge in [0.2, 0.25) is 0 Å². The van der Waals surface area contributed by atoms with Gasteiger partial charge in [-0.3, -0.25) is 4.79 Å². The van der Waals surface area contributed by atoms with Crippen molar-refractivity contribution < 1.29 is 14.3 Å². The number of halogens is 1. The number of aliphatic hydroxyl groups excluding tert-OH is 1. The number of hydrogen-bond donors (Lipinski definition) is 1. The fourth-order valence-corrected chi connectivity index (χ4v) is 4.40. The molecule has 2 aromatic carbocycles. The van der Waals surface area contributed by atoms with Gasteiger partial charge >= 0.3 is 0 Å². The number of ketones is 1. The summed E-state index contributed by atoms with van der Waals surface area (Å²) in [6.45, 7) is 4.62. The standard InChI is InChI=1S/C26H28FN3O2/c1-3-18(15-31)13-25(32)23-5-4-6-24-22(23)7-8-30(24)26-14-21(28-16-29-26)12-19-9-17(2)10-20(27)11-19/h4-6,9-11,14,16,18,31H,3,7-8,12-13,15H2,1-2H3. The predicted molar refractivity (Wildman–Crippen MR) is 123 cm³/mol. The van der Waals surface area contributed by atoms with Gasteiger partial charge in [-0.05, 0) is 54.2 Å². The molecule has 0 saturated heterocycles. The molecule has 1 aliphatic heterocycles. The Hall–Kier alpha value is -3.12. The third-order valence-electron chi connectivity index (χ3n) is 6.11. The maximum Gasteiger partial charge on any atom is 0.163 e. The number of carbonyl (C=O) groups excluding carboxylic acids is 1. The first-order chi connectivity index (χ1) is 15.5. The fraction of sp³-hybridized carbons (Fsp3) is 0.346. The molecule has 0 saturated carbocycles. The summed E-state index contributed by atoms with van der Waals surface area (Å²) in [7, 11) is 0. The second kappa shape index (κ2) is 9.57. The lowest BCUT2D eigenvalue weighted by molar-refractivity contribution is 0.0933. The first kappa shape index (κ1) is 22.1. The van der Waals surface area contributed by atoms with Crippen LogP contribution in [-0.4, -0.2) is 34.0 Å². The zero-order valence-electron chi connectivity index (χ0n) is 18.5. The van der Waals surface area contributed by atoms with Crippen LogP contribution in [-0.2, 0) is 12.8 Å². The first-order valence-electron chi connectivity index (χ1n) is 11.1. The second-order valence-corrected chi connectivity index (χ2v) is 8.47. The lowest BCUT2D eigenvalue weighted by atomic mass is 9.93. The van der Waals surface area contributed by atoms with Crippen molar-refractivity contribution in [2.24, 2.45) is 5.92 Å². The highest BCUT2D eigenvalue weighted by molar-refractivity contribution is 5.99. The minimum absolute atomic E-state index is 0.00764. The molecule has 1 unspecified atom stereocenters. The number of fused-ring (bicyclic) bond motifs is 1. The normalized spacial score (nSPS) is 13.8. The van der Waals surface area contributed by atoms with Crippen molar-refractivity contribution in [1.29, 1.82) is 0 Å². The van der Waals surface area contributed by atoms with Crippen molar-refractivity contribution in [3.05, 3.63) is 82.6 Å². The van der Waals surface area contributed by atoms with E-state index in [9.17, 15) is 14.3 Å². The van der Waals surface area contributed by atoms with Crippen molar-refractivity contribution >= 4 is 17.3 Å². The van der Waals surface area contributed by atoms with Gasteiger partial charge in [-0.25, -0.2) is 14.4 Å². The van der Waals surface area contributed by atoms with Crippen LogP contribution in [0, 0.1) is 18.7 Å². The Morgan fingerprint density at radius 1 is 1.22 bits per heavy atom. The van der Waals surface area contributed by atoms with Crippen LogP contribution in [0.2, 0.25) is 0 Å². The number of nitrogens with zero attached hydrogens (tertiary/aromatic N) is 3. The van der Waals surface area contributed by atoms with Crippen molar-refractivity contribution in [3.8, 4) is 0 Å². The largest absolute Gasteiger partial charge is 0.396 e. The average Bonchev–Trinajstić information content (AvgIpc) is 3.21. The van der Waals surface area contributed by atoms with Gasteiger partial charge in [0.15, 0.2) is 5.78 Å². The Labute approximate surface area is 188 Å². The summed E-state index contributed by atoms with van der Waals surface area (Å²) in [5, 5.41) is 9.47. The summed E-state index contributed by atoms with van der Waals surface area (Å²) in [6, 6.07) is 12.7. The van der Waals surface area contributed by atoms with Crippen LogP contribution in [0.1, 0.15) is 52.5 Å². The molecule has 2 heterocycles. The number of anilines is 2. The molecule has 6 heteroatoms. The van der Waals surface area contributed by atoms with Gasteiger partial charge in [-0.15, -0.1) is 0 Å². The van der Waals surface area contributed by atoms with E-state index in [2.05, 4.69) is 14.9 Å². The summed E-state index contributed by atoms with van der Waals surface area (Å²) >= 11 is 0. The number of carbonyl (C=O) groups is 1. The third kappa shape index (κ3) is 4.70. The molecule has 32 heavy (non-hydrogen) atoms. The lowest BCUT2D eigenvalue weighted by Gasteiger charge is -2.19. The zero-order valence-corrected chi connectivity index (χ0v) is 18.5. The molecule has 1 aliphatic rings. The van der Waals surface area contributed by atoms with E-state index in [-0.39, 0.29) is 24.1 Å². The van der Waals surface area contributed by atoms with Crippen LogP contribution in [0.25, 0.3) is 0 Å². The Balaban J connectivity index is 1.58. The van der Waals surface area contributed by atoms with Crippen molar-refractivity contribution in [1.82, 2.24) is 9.97 Å². The summed E-state index contributed by atoms with van der Waals surface area (Å²) in [5.41, 5.74) is 5.32. The topological polar surface area (TPSA) is 66.3 Å². The van der Waals surface area contributed by atoms with Crippen molar-refractivity contribution in [2.75, 3.05) is 18.1 Å². The molecule has 1 atom stereocenters. The van der Waals surface area contributed by atoms with Crippen LogP contribution < -0.4 is 4.90 Å². The van der Waals surface area contributed by atoms with E-state index < -0.39 is 0 Å². The minimum atomic E-state index is -0.244. The zero-order chi connectivity index (χ0) is 22.7. The average molecular weight is 434 g/mol. The van der Waals surface area contributed by atoms with E-state index in [1.165, 1.54) is 18.5 Å². The number of aromatic nitrogens is 2. The predicted octanol–water partition coefficient (Wildman–Crippen LogP) is 4.80. The smallest absolute Gasteiger partial charge is 0.163 e. The van der Waals surface area contributed by atoms with E-state index >= 15 is 0 Å². The number of hydrogen-bond acceptors (Lipinski definition) is 5. The quantitative estimate of drug-likeness (QED) is 0.517. The number of benzene rings is 2. The number of aliphatic hydroxyl groups is 1. The van der Waals surface area contributed by atoms with E-state index in [0.717, 1.165) is 58.8 Å². The summed E-state index contributed by atoms with van der Waals surface area (Å²) in [4.78, 5) is 23.9. The molecule has 0 aliphatic carbocycles. The van der Waals surface area contributed by atoms with E-state index in [0.29, 0.717) is 12.8 Å². The van der Waals surface area contributed by atoms with E-state index in [4.69, 9.17) is 0 Å². The summed E-state index contributed by atoms with van der Waals surface area (Å²) in [5.74, 6) is 0.598. The van der Waals surface area contributed by atoms with Gasteiger partial charge in [0.05, 0.1) is 5.69 Å². The van der Waals surface area contributed by atoms with Gasteiger partial charge in [-0.2, -0.15) is 0 Å². The lowest BCUT2D eigenvalue weighted by Crippen LogP contribution is -2.15. The number of Topliss-reactive ketones (excluding diaryl/α,β-unsaturated/α-hetero) is 1. The first-order valence-corrected chi connectivity index (χ1v) is 11.1. The van der Waals surface area contributed by atoms with Gasteiger partial charge < -0.3 is 10.0 Å². The van der Waals surface area contributed by atoms with Gasteiger partial charge in [-0.1, -0.05) is 31.5 Å². The van der Waals surface area contributed by atoms with Crippen LogP contribution in [0.15, 0.2) is 48.8 Å². The molecule has 1 N–H and O–H groups in total. The number of rotatable bonds is 8. The van der Waals surface area contributed by atoms with E-state index in [1.54, 1.807) is 0 Å². The van der Waals surface area contributed by atoms with E-state index in [1.807, 2.05) is 44.2 Å². The highest BCUT2D eigenvalue weighted by atomic mass is 19.1. The molecule has 0 spiro atoms. The molecule has 0 fully saturated rings. The fourth-order valence-electron chi connectivity index (χ4n) is 4.40. The molecule has 0 amide bonds. The molecule has 166 valence electrons. The molecular formula is C26H28FN3O2.